The van der Waals surface area contributed by atoms with Gasteiger partial charge in [-0.1, -0.05) is 44.2 Å². The third-order valence-electron chi connectivity index (χ3n) is 17.9. The van der Waals surface area contributed by atoms with Crippen LogP contribution in [0.4, 0.5) is 11.5 Å². The van der Waals surface area contributed by atoms with E-state index in [2.05, 4.69) is 31.9 Å². The molecule has 1 spiro atoms. The predicted molar refractivity (Wildman–Crippen MR) is 264 cm³/mol. The summed E-state index contributed by atoms with van der Waals surface area (Å²) in [6, 6.07) is 12.4. The lowest BCUT2D eigenvalue weighted by atomic mass is 9.47. The number of anilines is 2. The van der Waals surface area contributed by atoms with E-state index in [1.165, 1.54) is 19.4 Å². The van der Waals surface area contributed by atoms with E-state index in [1.807, 2.05) is 62.2 Å². The first-order chi connectivity index (χ1) is 34.3. The molecule has 7 aliphatic rings. The molecule has 4 aromatic rings. The van der Waals surface area contributed by atoms with Gasteiger partial charge in [-0.15, -0.1) is 0 Å². The Hall–Kier alpha value is -5.42. The molecule has 0 unspecified atom stereocenters. The van der Waals surface area contributed by atoms with Crippen molar-refractivity contribution in [2.45, 2.75) is 117 Å². The van der Waals surface area contributed by atoms with E-state index in [4.69, 9.17) is 30.8 Å². The number of benzene rings is 2. The molecule has 20 heteroatoms. The number of aromatic amines is 1. The number of para-hydroxylation sites is 1. The van der Waals surface area contributed by atoms with Crippen molar-refractivity contribution >= 4 is 34.3 Å². The van der Waals surface area contributed by atoms with E-state index in [0.717, 1.165) is 51.1 Å². The first kappa shape index (κ1) is 50.1. The number of aliphatic hydroxyl groups is 6. The van der Waals surface area contributed by atoms with Gasteiger partial charge in [0.15, 0.2) is 11.8 Å². The second kappa shape index (κ2) is 17.9. The molecule has 388 valence electrons. The Morgan fingerprint density at radius 2 is 1.76 bits per heavy atom. The fourth-order valence-corrected chi connectivity index (χ4v) is 14.8. The molecule has 8 heterocycles. The van der Waals surface area contributed by atoms with Crippen LogP contribution in [0, 0.1) is 11.3 Å². The van der Waals surface area contributed by atoms with Crippen molar-refractivity contribution in [3.8, 4) is 5.75 Å². The van der Waals surface area contributed by atoms with Crippen LogP contribution in [-0.4, -0.2) is 175 Å². The molecule has 1 aliphatic carbocycles. The van der Waals surface area contributed by atoms with Crippen molar-refractivity contribution in [2.24, 2.45) is 17.1 Å². The molecule has 2 bridgehead atoms. The molecule has 72 heavy (non-hydrogen) atoms. The highest BCUT2D eigenvalue weighted by molar-refractivity contribution is 5.95. The summed E-state index contributed by atoms with van der Waals surface area (Å²) in [6.45, 7) is 6.94. The molecule has 3 saturated heterocycles. The summed E-state index contributed by atoms with van der Waals surface area (Å²) >= 11 is 0. The summed E-state index contributed by atoms with van der Waals surface area (Å²) in [6.07, 6.45) is 2.51. The number of hydrogen-bond acceptors (Lipinski definition) is 17. The van der Waals surface area contributed by atoms with Crippen molar-refractivity contribution in [2.75, 3.05) is 71.2 Å². The zero-order chi connectivity index (χ0) is 51.4. The molecule has 1 amide bonds. The number of nitrogens with one attached hydrogen (secondary N) is 1. The van der Waals surface area contributed by atoms with E-state index in [0.29, 0.717) is 69.5 Å². The average Bonchev–Trinajstić information content (AvgIpc) is 4.10. The number of primary amides is 1. The van der Waals surface area contributed by atoms with E-state index < -0.39 is 88.3 Å². The summed E-state index contributed by atoms with van der Waals surface area (Å²) in [5.74, 6) is -0.947. The third kappa shape index (κ3) is 6.97. The summed E-state index contributed by atoms with van der Waals surface area (Å²) in [5, 5.41) is 66.1. The molecule has 20 nitrogen and oxygen atoms in total. The van der Waals surface area contributed by atoms with Crippen LogP contribution < -0.4 is 26.8 Å². The number of fused-ring (bicyclic) bond motifs is 6. The number of aliphatic hydroxyl groups excluding tert-OH is 4. The Bertz CT molecular complexity index is 2880. The highest BCUT2D eigenvalue weighted by atomic mass is 16.6. The predicted octanol–water partition coefficient (Wildman–Crippen LogP) is 0.169. The average molecular weight is 997 g/mol. The Morgan fingerprint density at radius 1 is 1.00 bits per heavy atom. The SMILES string of the molecule is CC[C@]1(O)C[C@H]2C[N@](CCc3c([nH]c4ccccc34)[C@@](C(=O)OC)(c3cc4c(cc3OC)N(C)[C@H]3[C@@](O)(C(N)=O)[C@H](O)[C@]5(CC)C=CCN6CC[C@]43[C@@H]65)C2)C1.Nc1ccn([C@@H]2O[C@H](CO)[C@@H](O)[C@@H]2O)c(=O)n1. The van der Waals surface area contributed by atoms with Gasteiger partial charge in [0.25, 0.3) is 5.91 Å². The second-order valence-electron chi connectivity index (χ2n) is 21.3. The van der Waals surface area contributed by atoms with Crippen molar-refractivity contribution in [1.29, 1.82) is 0 Å². The number of methoxy groups -OCH3 is 2. The number of amides is 1. The molecule has 2 aromatic carbocycles. The number of nitrogens with two attached hydrogens (primary N) is 2. The number of carbonyl (C=O) groups excluding carboxylic acids is 2. The quantitative estimate of drug-likeness (QED) is 0.0840. The number of esters is 1. The number of carbonyl (C=O) groups is 2. The molecule has 0 radical (unpaired) electrons. The number of rotatable bonds is 8. The minimum atomic E-state index is -2.30. The normalized spacial score (nSPS) is 37.5. The van der Waals surface area contributed by atoms with Gasteiger partial charge in [-0.25, -0.2) is 4.79 Å². The first-order valence-electron chi connectivity index (χ1n) is 25.0. The monoisotopic (exact) mass is 996 g/mol. The van der Waals surface area contributed by atoms with Gasteiger partial charge in [0.05, 0.1) is 32.5 Å². The maximum absolute atomic E-state index is 15.2. The Labute approximate surface area is 416 Å². The molecule has 2 aromatic heterocycles. The minimum Gasteiger partial charge on any atom is -0.496 e. The fourth-order valence-electron chi connectivity index (χ4n) is 14.8. The van der Waals surface area contributed by atoms with E-state index in [1.54, 1.807) is 7.11 Å². The van der Waals surface area contributed by atoms with Crippen molar-refractivity contribution < 1.29 is 54.4 Å². The highest BCUT2D eigenvalue weighted by Crippen LogP contribution is 2.67. The van der Waals surface area contributed by atoms with E-state index >= 15 is 4.79 Å². The van der Waals surface area contributed by atoms with Gasteiger partial charge < -0.3 is 66.2 Å². The molecule has 1 saturated carbocycles. The highest BCUT2D eigenvalue weighted by Gasteiger charge is 2.78. The molecule has 11 rings (SSSR count). The zero-order valence-electron chi connectivity index (χ0n) is 41.4. The third-order valence-corrected chi connectivity index (χ3v) is 17.9. The number of nitrogen functional groups attached to an aromatic ring is 1. The number of piperidine rings is 1. The van der Waals surface area contributed by atoms with Gasteiger partial charge in [-0.2, -0.15) is 4.98 Å². The summed E-state index contributed by atoms with van der Waals surface area (Å²) in [5.41, 5.74) is 9.35. The molecular formula is C52H68N8O12. The Morgan fingerprint density at radius 3 is 2.43 bits per heavy atom. The molecule has 6 aliphatic heterocycles. The molecular weight excluding hydrogens is 929 g/mol. The summed E-state index contributed by atoms with van der Waals surface area (Å²) < 4.78 is 18.4. The van der Waals surface area contributed by atoms with Crippen molar-refractivity contribution in [1.82, 2.24) is 24.3 Å². The number of aromatic nitrogens is 3. The lowest BCUT2D eigenvalue weighted by molar-refractivity contribution is -0.201. The maximum atomic E-state index is 15.2. The number of hydrogen-bond donors (Lipinski definition) is 9. The largest absolute Gasteiger partial charge is 0.496 e. The summed E-state index contributed by atoms with van der Waals surface area (Å²) in [4.78, 5) is 54.3. The van der Waals surface area contributed by atoms with Crippen LogP contribution in [0.5, 0.6) is 5.75 Å². The van der Waals surface area contributed by atoms with Crippen LogP contribution >= 0.6 is 0 Å². The van der Waals surface area contributed by atoms with E-state index in [9.17, 15) is 35.1 Å². The lowest BCUT2D eigenvalue weighted by Gasteiger charge is -2.63. The topological polar surface area (TPSA) is 296 Å². The maximum Gasteiger partial charge on any atom is 0.351 e. The first-order valence-corrected chi connectivity index (χ1v) is 25.0. The Balaban J connectivity index is 0.000000297. The van der Waals surface area contributed by atoms with Gasteiger partial charge in [0.2, 0.25) is 0 Å². The molecule has 4 fully saturated rings. The molecule has 11 N–H and O–H groups in total. The van der Waals surface area contributed by atoms with Gasteiger partial charge in [0.1, 0.15) is 41.4 Å². The van der Waals surface area contributed by atoms with Crippen LogP contribution in [0.3, 0.4) is 0 Å². The van der Waals surface area contributed by atoms with Crippen LogP contribution in [-0.2, 0) is 36.3 Å². The number of likely N-dealkylation sites (N-methyl/N-ethyl adjacent to an activating group) is 1. The number of nitrogens with zero attached hydrogens (tertiary/aromatic N) is 5. The van der Waals surface area contributed by atoms with Crippen molar-refractivity contribution in [3.05, 3.63) is 93.7 Å². The zero-order valence-corrected chi connectivity index (χ0v) is 41.4. The van der Waals surface area contributed by atoms with Crippen molar-refractivity contribution in [3.63, 3.8) is 0 Å². The smallest absolute Gasteiger partial charge is 0.351 e. The minimum absolute atomic E-state index is 0.0537. The van der Waals surface area contributed by atoms with Crippen LogP contribution in [0.15, 0.2) is 65.6 Å². The lowest BCUT2D eigenvalue weighted by Crippen LogP contribution is -2.81. The van der Waals surface area contributed by atoms with Gasteiger partial charge in [0, 0.05) is 90.2 Å². The standard InChI is InChI=1S/C43H55N5O7.C9H13N3O5/c1-6-39(52)21-25-22-42(38(51)55-5,33-27(13-17-47(23-25)24-39)26-11-8-9-12-30(26)45-33)29-19-28-31(20-32(29)54-4)46(3)35-41(28)15-18-48-16-10-14-40(7-2,34(41)48)36(49)43(35,53)37(44)50;10-5-1-2-12(9(16)11-5)8-7(15)6(14)4(3-13)17-8/h8-12,14,19-20,25,34-36,45,49,52-53H,6-7,13,15-18,21-24H2,1-5H3,(H2,44,50);1-2,4,6-8,13-15H,3H2,(H2,10,11,16)/t25-,34+,35-,36-,39+,40-,41-,42+,43+;4-,6-,7+,8-/m11/s1. The van der Waals surface area contributed by atoms with Crippen LogP contribution in [0.2, 0.25) is 0 Å². The van der Waals surface area contributed by atoms with E-state index in [-0.39, 0.29) is 17.8 Å². The number of ether oxygens (including phenoxy) is 3. The Kier molecular flexibility index (Phi) is 12.5. The van der Waals surface area contributed by atoms with Crippen LogP contribution in [0.25, 0.3) is 10.9 Å². The second-order valence-corrected chi connectivity index (χ2v) is 21.3. The fraction of sp³-hybridized carbons (Fsp3) is 0.577. The van der Waals surface area contributed by atoms with Gasteiger partial charge >= 0.3 is 11.7 Å². The van der Waals surface area contributed by atoms with Crippen LogP contribution in [0.1, 0.15) is 74.6 Å². The number of H-pyrrole nitrogens is 1. The van der Waals surface area contributed by atoms with Gasteiger partial charge in [-0.05, 0) is 80.3 Å². The summed E-state index contributed by atoms with van der Waals surface area (Å²) in [7, 11) is 4.89. The molecule has 14 atom stereocenters. The van der Waals surface area contributed by atoms with Gasteiger partial charge in [-0.3, -0.25) is 24.0 Å².